The lowest BCUT2D eigenvalue weighted by Gasteiger charge is -2.05. The molecule has 20 heavy (non-hydrogen) atoms. The fraction of sp³-hybridized carbons (Fsp3) is 0.133. The van der Waals surface area contributed by atoms with E-state index in [1.54, 1.807) is 49.6 Å². The van der Waals surface area contributed by atoms with Gasteiger partial charge >= 0.3 is 0 Å². The number of halogens is 1. The van der Waals surface area contributed by atoms with Crippen LogP contribution >= 0.6 is 15.9 Å². The fourth-order valence-corrected chi connectivity index (χ4v) is 3.14. The van der Waals surface area contributed by atoms with Gasteiger partial charge in [-0.05, 0) is 30.3 Å². The van der Waals surface area contributed by atoms with Gasteiger partial charge in [-0.1, -0.05) is 34.1 Å². The summed E-state index contributed by atoms with van der Waals surface area (Å²) in [6, 6.07) is 14.0. The van der Waals surface area contributed by atoms with E-state index in [-0.39, 0.29) is 11.5 Å². The lowest BCUT2D eigenvalue weighted by atomic mass is 10.2. The molecule has 0 bridgehead atoms. The second-order valence-corrected chi connectivity index (χ2v) is 6.47. The van der Waals surface area contributed by atoms with E-state index in [0.29, 0.717) is 16.2 Å². The highest BCUT2D eigenvalue weighted by Crippen LogP contribution is 2.17. The van der Waals surface area contributed by atoms with Crippen molar-refractivity contribution in [3.63, 3.8) is 0 Å². The SMILES string of the molecule is COc1cccc(S(=O)CC(=O)c2cccc(Br)c2)c1. The average Bonchev–Trinajstić information content (AvgIpc) is 2.47. The van der Waals surface area contributed by atoms with Crippen LogP contribution in [0, 0.1) is 0 Å². The predicted molar refractivity (Wildman–Crippen MR) is 82.7 cm³/mol. The van der Waals surface area contributed by atoms with Gasteiger partial charge in [0.2, 0.25) is 0 Å². The van der Waals surface area contributed by atoms with Crippen LogP contribution in [0.5, 0.6) is 5.75 Å². The molecule has 0 aliphatic carbocycles. The molecule has 0 saturated heterocycles. The van der Waals surface area contributed by atoms with Crippen LogP contribution in [0.25, 0.3) is 0 Å². The highest BCUT2D eigenvalue weighted by Gasteiger charge is 2.13. The number of rotatable bonds is 5. The zero-order valence-corrected chi connectivity index (χ0v) is 13.2. The summed E-state index contributed by atoms with van der Waals surface area (Å²) < 4.78 is 18.1. The highest BCUT2D eigenvalue weighted by molar-refractivity contribution is 9.10. The molecule has 1 unspecified atom stereocenters. The molecule has 3 nitrogen and oxygen atoms in total. The number of methoxy groups -OCH3 is 1. The molecule has 0 saturated carbocycles. The molecule has 0 spiro atoms. The first kappa shape index (κ1) is 14.9. The van der Waals surface area contributed by atoms with E-state index in [1.807, 2.05) is 6.07 Å². The van der Waals surface area contributed by atoms with Crippen molar-refractivity contribution in [2.24, 2.45) is 0 Å². The van der Waals surface area contributed by atoms with Crippen molar-refractivity contribution in [1.82, 2.24) is 0 Å². The summed E-state index contributed by atoms with van der Waals surface area (Å²) in [6.07, 6.45) is 0. The molecule has 0 radical (unpaired) electrons. The lowest BCUT2D eigenvalue weighted by molar-refractivity contribution is 0.102. The second-order valence-electron chi connectivity index (χ2n) is 4.10. The number of Topliss-reactive ketones (excluding diaryl/α,β-unsaturated/α-hetero) is 1. The van der Waals surface area contributed by atoms with Crippen molar-refractivity contribution in [3.05, 3.63) is 58.6 Å². The first-order valence-corrected chi connectivity index (χ1v) is 8.02. The van der Waals surface area contributed by atoms with Gasteiger partial charge in [0, 0.05) is 14.9 Å². The third-order valence-corrected chi connectivity index (χ3v) is 4.51. The molecular formula is C15H13BrO3S. The standard InChI is InChI=1S/C15H13BrO3S/c1-19-13-6-3-7-14(9-13)20(18)10-15(17)11-4-2-5-12(16)8-11/h2-9H,10H2,1H3. The number of carbonyl (C=O) groups excluding carboxylic acids is 1. The number of ether oxygens (including phenoxy) is 1. The molecule has 0 heterocycles. The van der Waals surface area contributed by atoms with E-state index < -0.39 is 10.8 Å². The topological polar surface area (TPSA) is 43.4 Å². The van der Waals surface area contributed by atoms with Crippen LogP contribution in [0.4, 0.5) is 0 Å². The molecular weight excluding hydrogens is 340 g/mol. The van der Waals surface area contributed by atoms with Crippen molar-refractivity contribution >= 4 is 32.5 Å². The zero-order chi connectivity index (χ0) is 14.5. The number of carbonyl (C=O) groups is 1. The number of benzene rings is 2. The Morgan fingerprint density at radius 3 is 2.65 bits per heavy atom. The monoisotopic (exact) mass is 352 g/mol. The normalized spacial score (nSPS) is 11.9. The lowest BCUT2D eigenvalue weighted by Crippen LogP contribution is -2.11. The Labute approximate surface area is 128 Å². The summed E-state index contributed by atoms with van der Waals surface area (Å²) in [5.41, 5.74) is 0.552. The largest absolute Gasteiger partial charge is 0.497 e. The first-order valence-electron chi connectivity index (χ1n) is 5.91. The quantitative estimate of drug-likeness (QED) is 0.774. The van der Waals surface area contributed by atoms with Gasteiger partial charge in [0.25, 0.3) is 0 Å². The Morgan fingerprint density at radius 1 is 1.20 bits per heavy atom. The minimum Gasteiger partial charge on any atom is -0.497 e. The molecule has 5 heteroatoms. The smallest absolute Gasteiger partial charge is 0.175 e. The molecule has 2 rings (SSSR count). The summed E-state index contributed by atoms with van der Waals surface area (Å²) in [7, 11) is 0.173. The molecule has 104 valence electrons. The van der Waals surface area contributed by atoms with Crippen LogP contribution < -0.4 is 4.74 Å². The van der Waals surface area contributed by atoms with E-state index in [1.165, 1.54) is 0 Å². The molecule has 0 aromatic heterocycles. The van der Waals surface area contributed by atoms with E-state index in [2.05, 4.69) is 15.9 Å². The summed E-state index contributed by atoms with van der Waals surface area (Å²) in [6.45, 7) is 0. The zero-order valence-electron chi connectivity index (χ0n) is 10.8. The predicted octanol–water partition coefficient (Wildman–Crippen LogP) is 3.45. The van der Waals surface area contributed by atoms with Gasteiger partial charge in [-0.15, -0.1) is 0 Å². The van der Waals surface area contributed by atoms with Crippen molar-refractivity contribution in [2.45, 2.75) is 4.90 Å². The van der Waals surface area contributed by atoms with Gasteiger partial charge in [0.15, 0.2) is 5.78 Å². The van der Waals surface area contributed by atoms with Crippen LogP contribution in [0.1, 0.15) is 10.4 Å². The first-order chi connectivity index (χ1) is 9.60. The van der Waals surface area contributed by atoms with Crippen molar-refractivity contribution in [3.8, 4) is 5.75 Å². The molecule has 0 aliphatic rings. The maximum Gasteiger partial charge on any atom is 0.175 e. The van der Waals surface area contributed by atoms with E-state index in [0.717, 1.165) is 4.47 Å². The minimum absolute atomic E-state index is 0.0381. The molecule has 2 aromatic carbocycles. The third-order valence-electron chi connectivity index (χ3n) is 2.71. The van der Waals surface area contributed by atoms with Crippen LogP contribution in [0.3, 0.4) is 0 Å². The Hall–Kier alpha value is -1.46. The van der Waals surface area contributed by atoms with Crippen LogP contribution in [0.15, 0.2) is 57.9 Å². The number of ketones is 1. The third kappa shape index (κ3) is 3.77. The van der Waals surface area contributed by atoms with Crippen molar-refractivity contribution in [1.29, 1.82) is 0 Å². The Balaban J connectivity index is 2.13. The number of hydrogen-bond donors (Lipinski definition) is 0. The molecule has 0 fully saturated rings. The van der Waals surface area contributed by atoms with Gasteiger partial charge in [-0.3, -0.25) is 9.00 Å². The van der Waals surface area contributed by atoms with Crippen molar-refractivity contribution in [2.75, 3.05) is 12.9 Å². The molecule has 0 amide bonds. The summed E-state index contributed by atoms with van der Waals surface area (Å²) >= 11 is 3.32. The second kappa shape index (κ2) is 6.81. The summed E-state index contributed by atoms with van der Waals surface area (Å²) in [4.78, 5) is 12.7. The minimum atomic E-state index is -1.38. The highest BCUT2D eigenvalue weighted by atomic mass is 79.9. The van der Waals surface area contributed by atoms with Crippen LogP contribution in [-0.4, -0.2) is 22.9 Å². The Bertz CT molecular complexity index is 655. The van der Waals surface area contributed by atoms with Gasteiger partial charge in [0.1, 0.15) is 5.75 Å². The molecule has 0 aliphatic heterocycles. The average molecular weight is 353 g/mol. The fourth-order valence-electron chi connectivity index (χ4n) is 1.69. The summed E-state index contributed by atoms with van der Waals surface area (Å²) in [5.74, 6) is 0.446. The van der Waals surface area contributed by atoms with Crippen LogP contribution in [0.2, 0.25) is 0 Å². The maximum atomic E-state index is 12.2. The van der Waals surface area contributed by atoms with Crippen LogP contribution in [-0.2, 0) is 10.8 Å². The van der Waals surface area contributed by atoms with Crippen molar-refractivity contribution < 1.29 is 13.7 Å². The van der Waals surface area contributed by atoms with Gasteiger partial charge in [0.05, 0.1) is 23.7 Å². The van der Waals surface area contributed by atoms with E-state index >= 15 is 0 Å². The molecule has 2 aromatic rings. The van der Waals surface area contributed by atoms with Gasteiger partial charge in [-0.25, -0.2) is 0 Å². The molecule has 0 N–H and O–H groups in total. The molecule has 1 atom stereocenters. The van der Waals surface area contributed by atoms with Gasteiger partial charge in [-0.2, -0.15) is 0 Å². The Kier molecular flexibility index (Phi) is 5.09. The Morgan fingerprint density at radius 2 is 1.95 bits per heavy atom. The summed E-state index contributed by atoms with van der Waals surface area (Å²) in [5, 5.41) is 0. The number of hydrogen-bond acceptors (Lipinski definition) is 3. The van der Waals surface area contributed by atoms with Gasteiger partial charge < -0.3 is 4.74 Å². The van der Waals surface area contributed by atoms with E-state index in [4.69, 9.17) is 4.74 Å². The van der Waals surface area contributed by atoms with E-state index in [9.17, 15) is 9.00 Å². The maximum absolute atomic E-state index is 12.2.